The maximum atomic E-state index is 12.2. The number of carboxylic acids is 1. The van der Waals surface area contributed by atoms with Gasteiger partial charge in [-0.25, -0.2) is 14.6 Å². The lowest BCUT2D eigenvalue weighted by Gasteiger charge is -2.38. The summed E-state index contributed by atoms with van der Waals surface area (Å²) in [5.41, 5.74) is 16.3. The first-order chi connectivity index (χ1) is 14.2. The Morgan fingerprint density at radius 1 is 1.30 bits per heavy atom. The summed E-state index contributed by atoms with van der Waals surface area (Å²) in [6.07, 6.45) is -0.132. The Kier molecular flexibility index (Phi) is 10.9. The minimum Gasteiger partial charge on any atom is -0.479 e. The van der Waals surface area contributed by atoms with Crippen molar-refractivity contribution in [2.45, 2.75) is 57.0 Å². The van der Waals surface area contributed by atoms with Crippen LogP contribution in [0.2, 0.25) is 0 Å². The number of rotatable bonds is 12. The van der Waals surface area contributed by atoms with Crippen LogP contribution in [0.1, 0.15) is 32.6 Å². The molecule has 1 amide bonds. The first-order valence-electron chi connectivity index (χ1n) is 9.85. The zero-order chi connectivity index (χ0) is 22.7. The molecule has 0 bridgehead atoms. The molecule has 0 saturated carbocycles. The number of carbonyl (C=O) groups excluding carboxylic acids is 1. The van der Waals surface area contributed by atoms with Gasteiger partial charge in [0.2, 0.25) is 5.76 Å². The third-order valence-electron chi connectivity index (χ3n) is 4.68. The lowest BCUT2D eigenvalue weighted by Crippen LogP contribution is -2.52. The van der Waals surface area contributed by atoms with Crippen LogP contribution in [0.5, 0.6) is 0 Å². The quantitative estimate of drug-likeness (QED) is 0.109. The molecule has 0 fully saturated rings. The van der Waals surface area contributed by atoms with Gasteiger partial charge >= 0.3 is 12.1 Å². The smallest absolute Gasteiger partial charge is 0.407 e. The molecule has 5 atom stereocenters. The SMILES string of the molecule is CC1C(C(OC(=O)NCCCCCCN)[C@H](O)CO)OC(C(=O)O)=C[C@@H]1N=C(N)N. The molecule has 172 valence electrons. The van der Waals surface area contributed by atoms with Crippen molar-refractivity contribution in [1.29, 1.82) is 0 Å². The normalized spacial score (nSPS) is 22.8. The summed E-state index contributed by atoms with van der Waals surface area (Å²) < 4.78 is 10.7. The number of nitrogens with two attached hydrogens (primary N) is 3. The fourth-order valence-corrected chi connectivity index (χ4v) is 3.06. The zero-order valence-corrected chi connectivity index (χ0v) is 17.1. The third kappa shape index (κ3) is 8.05. The number of carboxylic acid groups (broad SMARTS) is 1. The van der Waals surface area contributed by atoms with Crippen molar-refractivity contribution in [3.05, 3.63) is 11.8 Å². The van der Waals surface area contributed by atoms with E-state index in [9.17, 15) is 24.9 Å². The van der Waals surface area contributed by atoms with Crippen molar-refractivity contribution < 1.29 is 34.4 Å². The Hall–Kier alpha value is -2.57. The molecule has 0 aliphatic carbocycles. The molecule has 0 radical (unpaired) electrons. The standard InChI is InChI=1S/C18H33N5O7/c1-10-11(23-17(20)21)8-13(16(26)27)29-14(10)15(12(25)9-24)30-18(28)22-7-5-3-2-4-6-19/h8,10-12,14-15,24-25H,2-7,9,19H2,1H3,(H,22,28)(H,26,27)(H4,20,21,23)/t10?,11-,12+,14?,15?/m0/s1. The highest BCUT2D eigenvalue weighted by Crippen LogP contribution is 2.30. The number of carbonyl (C=O) groups is 2. The molecular weight excluding hydrogens is 398 g/mol. The van der Waals surface area contributed by atoms with Crippen LogP contribution in [-0.4, -0.2) is 77.4 Å². The molecule has 12 heteroatoms. The Labute approximate surface area is 175 Å². The Bertz CT molecular complexity index is 624. The largest absolute Gasteiger partial charge is 0.479 e. The Morgan fingerprint density at radius 2 is 1.97 bits per heavy atom. The zero-order valence-electron chi connectivity index (χ0n) is 17.1. The molecule has 1 aliphatic rings. The monoisotopic (exact) mass is 431 g/mol. The first kappa shape index (κ1) is 25.5. The molecule has 0 aromatic rings. The average molecular weight is 431 g/mol. The molecule has 10 N–H and O–H groups in total. The number of amides is 1. The highest BCUT2D eigenvalue weighted by molar-refractivity contribution is 5.85. The molecule has 1 aliphatic heterocycles. The van der Waals surface area contributed by atoms with Crippen LogP contribution in [0.4, 0.5) is 4.79 Å². The maximum absolute atomic E-state index is 12.2. The number of aliphatic imine (C=N–C) groups is 1. The number of nitrogens with one attached hydrogen (secondary N) is 1. The predicted octanol–water partition coefficient (Wildman–Crippen LogP) is -1.40. The lowest BCUT2D eigenvalue weighted by atomic mass is 9.87. The second-order valence-electron chi connectivity index (χ2n) is 7.07. The molecule has 0 aromatic carbocycles. The minimum atomic E-state index is -1.51. The van der Waals surface area contributed by atoms with E-state index in [0.717, 1.165) is 25.7 Å². The van der Waals surface area contributed by atoms with Crippen molar-refractivity contribution in [3.8, 4) is 0 Å². The van der Waals surface area contributed by atoms with E-state index >= 15 is 0 Å². The van der Waals surface area contributed by atoms with Gasteiger partial charge in [0.25, 0.3) is 0 Å². The van der Waals surface area contributed by atoms with Crippen molar-refractivity contribution in [1.82, 2.24) is 5.32 Å². The molecule has 12 nitrogen and oxygen atoms in total. The number of ether oxygens (including phenoxy) is 2. The van der Waals surface area contributed by atoms with Gasteiger partial charge in [-0.15, -0.1) is 0 Å². The van der Waals surface area contributed by atoms with Gasteiger partial charge in [0.05, 0.1) is 12.6 Å². The average Bonchev–Trinajstić information content (AvgIpc) is 2.69. The summed E-state index contributed by atoms with van der Waals surface area (Å²) in [5.74, 6) is -2.67. The molecular formula is C18H33N5O7. The maximum Gasteiger partial charge on any atom is 0.407 e. The molecule has 0 saturated heterocycles. The van der Waals surface area contributed by atoms with Crippen LogP contribution >= 0.6 is 0 Å². The number of aliphatic hydroxyl groups excluding tert-OH is 2. The summed E-state index contributed by atoms with van der Waals surface area (Å²) in [7, 11) is 0. The van der Waals surface area contributed by atoms with Crippen LogP contribution in [0, 0.1) is 5.92 Å². The van der Waals surface area contributed by atoms with Gasteiger partial charge in [0, 0.05) is 12.5 Å². The van der Waals surface area contributed by atoms with Crippen LogP contribution in [0.3, 0.4) is 0 Å². The van der Waals surface area contributed by atoms with Gasteiger partial charge in [0.15, 0.2) is 12.1 Å². The van der Waals surface area contributed by atoms with Gasteiger partial charge in [-0.3, -0.25) is 0 Å². The first-order valence-corrected chi connectivity index (χ1v) is 9.85. The van der Waals surface area contributed by atoms with Crippen molar-refractivity contribution in [2.24, 2.45) is 28.1 Å². The number of aliphatic hydroxyl groups is 2. The van der Waals surface area contributed by atoms with E-state index in [2.05, 4.69) is 10.3 Å². The second-order valence-corrected chi connectivity index (χ2v) is 7.07. The number of unbranched alkanes of at least 4 members (excludes halogenated alkanes) is 3. The molecule has 3 unspecified atom stereocenters. The molecule has 0 spiro atoms. The molecule has 1 rings (SSSR count). The molecule has 1 heterocycles. The van der Waals surface area contributed by atoms with Gasteiger partial charge in [0.1, 0.15) is 12.2 Å². The number of nitrogens with zero attached hydrogens (tertiary/aromatic N) is 1. The summed E-state index contributed by atoms with van der Waals surface area (Å²) >= 11 is 0. The van der Waals surface area contributed by atoms with Crippen molar-refractivity contribution in [2.75, 3.05) is 19.7 Å². The van der Waals surface area contributed by atoms with E-state index in [0.29, 0.717) is 13.1 Å². The Morgan fingerprint density at radius 3 is 2.53 bits per heavy atom. The predicted molar refractivity (Wildman–Crippen MR) is 108 cm³/mol. The number of hydrogen-bond donors (Lipinski definition) is 7. The third-order valence-corrected chi connectivity index (χ3v) is 4.68. The van der Waals surface area contributed by atoms with E-state index < -0.39 is 54.7 Å². The van der Waals surface area contributed by atoms with Gasteiger partial charge < -0.3 is 47.3 Å². The van der Waals surface area contributed by atoms with Gasteiger partial charge in [-0.2, -0.15) is 0 Å². The summed E-state index contributed by atoms with van der Waals surface area (Å²) in [6, 6.07) is -0.789. The van der Waals surface area contributed by atoms with Crippen molar-refractivity contribution >= 4 is 18.0 Å². The van der Waals surface area contributed by atoms with Crippen LogP contribution < -0.4 is 22.5 Å². The summed E-state index contributed by atoms with van der Waals surface area (Å²) in [4.78, 5) is 27.6. The van der Waals surface area contributed by atoms with Crippen LogP contribution in [0.15, 0.2) is 16.8 Å². The van der Waals surface area contributed by atoms with Crippen LogP contribution in [-0.2, 0) is 14.3 Å². The van der Waals surface area contributed by atoms with Crippen molar-refractivity contribution in [3.63, 3.8) is 0 Å². The van der Waals surface area contributed by atoms with Gasteiger partial charge in [-0.1, -0.05) is 19.8 Å². The molecule has 0 aromatic heterocycles. The number of alkyl carbamates (subject to hydrolysis) is 1. The highest BCUT2D eigenvalue weighted by Gasteiger charge is 2.43. The second kappa shape index (κ2) is 12.9. The fourth-order valence-electron chi connectivity index (χ4n) is 3.06. The summed E-state index contributed by atoms with van der Waals surface area (Å²) in [6.45, 7) is 1.88. The lowest BCUT2D eigenvalue weighted by molar-refractivity contribution is -0.146. The van der Waals surface area contributed by atoms with E-state index in [-0.39, 0.29) is 5.96 Å². The van der Waals surface area contributed by atoms with E-state index in [1.807, 2.05) is 0 Å². The summed E-state index contributed by atoms with van der Waals surface area (Å²) in [5, 5.41) is 31.5. The number of aliphatic carboxylic acids is 1. The van der Waals surface area contributed by atoms with Gasteiger partial charge in [-0.05, 0) is 25.5 Å². The molecule has 30 heavy (non-hydrogen) atoms. The van der Waals surface area contributed by atoms with E-state index in [1.54, 1.807) is 6.92 Å². The number of guanidine groups is 1. The van der Waals surface area contributed by atoms with E-state index in [1.165, 1.54) is 6.08 Å². The van der Waals surface area contributed by atoms with Crippen LogP contribution in [0.25, 0.3) is 0 Å². The Balaban J connectivity index is 2.88. The number of hydrogen-bond acceptors (Lipinski definition) is 8. The topological polar surface area (TPSA) is 216 Å². The highest BCUT2D eigenvalue weighted by atomic mass is 16.6. The van der Waals surface area contributed by atoms with E-state index in [4.69, 9.17) is 26.7 Å². The fraction of sp³-hybridized carbons (Fsp3) is 0.722. The minimum absolute atomic E-state index is 0.263.